The van der Waals surface area contributed by atoms with Crippen molar-refractivity contribution in [3.8, 4) is 0 Å². The van der Waals surface area contributed by atoms with E-state index < -0.39 is 0 Å². The summed E-state index contributed by atoms with van der Waals surface area (Å²) < 4.78 is 13.6. The largest absolute Gasteiger partial charge is 0.378 e. The first kappa shape index (κ1) is 12.8. The Labute approximate surface area is 118 Å². The molecule has 1 aromatic carbocycles. The highest BCUT2D eigenvalue weighted by atomic mass is 32.1. The quantitative estimate of drug-likeness (QED) is 0.779. The lowest BCUT2D eigenvalue weighted by Gasteiger charge is -2.09. The second-order valence-electron chi connectivity index (χ2n) is 4.46. The van der Waals surface area contributed by atoms with Crippen LogP contribution in [0.15, 0.2) is 34.4 Å². The van der Waals surface area contributed by atoms with Crippen molar-refractivity contribution in [3.63, 3.8) is 0 Å². The lowest BCUT2D eigenvalue weighted by atomic mass is 10.2. The molecule has 0 spiro atoms. The first-order valence-electron chi connectivity index (χ1n) is 6.10. The molecule has 0 unspecified atom stereocenters. The van der Waals surface area contributed by atoms with Crippen LogP contribution in [0.5, 0.6) is 0 Å². The summed E-state index contributed by atoms with van der Waals surface area (Å²) in [6.45, 7) is 2.21. The molecule has 3 rings (SSSR count). The molecule has 0 saturated heterocycles. The fraction of sp³-hybridized carbons (Fsp3) is 0.143. The van der Waals surface area contributed by atoms with Crippen LogP contribution < -0.4 is 10.9 Å². The Hall–Kier alpha value is -2.21. The predicted molar refractivity (Wildman–Crippen MR) is 78.7 cm³/mol. The van der Waals surface area contributed by atoms with E-state index >= 15 is 0 Å². The van der Waals surface area contributed by atoms with Crippen molar-refractivity contribution >= 4 is 27.2 Å². The van der Waals surface area contributed by atoms with Gasteiger partial charge in [-0.15, -0.1) is 11.3 Å². The molecule has 20 heavy (non-hydrogen) atoms. The third-order valence-electron chi connectivity index (χ3n) is 3.00. The number of hydrogen-bond acceptors (Lipinski definition) is 4. The Kier molecular flexibility index (Phi) is 3.23. The topological polar surface area (TPSA) is 57.8 Å². The van der Waals surface area contributed by atoms with Crippen LogP contribution in [-0.2, 0) is 6.54 Å². The Morgan fingerprint density at radius 1 is 1.40 bits per heavy atom. The van der Waals surface area contributed by atoms with Crippen molar-refractivity contribution in [3.05, 3.63) is 57.2 Å². The molecule has 0 aliphatic carbocycles. The number of nitrogens with one attached hydrogen (secondary N) is 2. The Morgan fingerprint density at radius 3 is 3.05 bits per heavy atom. The number of hydrogen-bond donors (Lipinski definition) is 2. The minimum Gasteiger partial charge on any atom is -0.378 e. The van der Waals surface area contributed by atoms with E-state index in [1.165, 1.54) is 23.5 Å². The standard InChI is InChI=1S/C14H12FN3OS/c1-8-6-9(15)2-3-10(8)16-7-12-17-11-4-5-20-13(11)14(19)18-12/h2-6,16H,7H2,1H3,(H,17,18,19). The molecule has 0 bridgehead atoms. The van der Waals surface area contributed by atoms with E-state index in [0.29, 0.717) is 22.6 Å². The number of anilines is 1. The SMILES string of the molecule is Cc1cc(F)ccc1NCc1nc2ccsc2c(=O)[nH]1. The van der Waals surface area contributed by atoms with Crippen molar-refractivity contribution in [2.45, 2.75) is 13.5 Å². The fourth-order valence-corrected chi connectivity index (χ4v) is 2.74. The highest BCUT2D eigenvalue weighted by Gasteiger charge is 2.05. The number of nitrogens with zero attached hydrogens (tertiary/aromatic N) is 1. The molecule has 0 fully saturated rings. The van der Waals surface area contributed by atoms with Crippen molar-refractivity contribution in [1.82, 2.24) is 9.97 Å². The zero-order valence-electron chi connectivity index (χ0n) is 10.7. The number of rotatable bonds is 3. The van der Waals surface area contributed by atoms with E-state index in [1.807, 2.05) is 18.4 Å². The number of H-pyrrole nitrogens is 1. The van der Waals surface area contributed by atoms with Gasteiger partial charge in [-0.3, -0.25) is 4.79 Å². The van der Waals surface area contributed by atoms with Gasteiger partial charge in [0.2, 0.25) is 0 Å². The Morgan fingerprint density at radius 2 is 2.25 bits per heavy atom. The van der Waals surface area contributed by atoms with E-state index in [2.05, 4.69) is 15.3 Å². The van der Waals surface area contributed by atoms with Crippen LogP contribution >= 0.6 is 11.3 Å². The van der Waals surface area contributed by atoms with Crippen molar-refractivity contribution < 1.29 is 4.39 Å². The molecule has 2 aromatic heterocycles. The molecule has 2 N–H and O–H groups in total. The minimum atomic E-state index is -0.265. The molecule has 102 valence electrons. The van der Waals surface area contributed by atoms with Crippen molar-refractivity contribution in [1.29, 1.82) is 0 Å². The van der Waals surface area contributed by atoms with E-state index in [4.69, 9.17) is 0 Å². The summed E-state index contributed by atoms with van der Waals surface area (Å²) in [4.78, 5) is 18.9. The number of fused-ring (bicyclic) bond motifs is 1. The average molecular weight is 289 g/mol. The number of halogens is 1. The predicted octanol–water partition coefficient (Wildman–Crippen LogP) is 3.04. The molecule has 0 amide bonds. The van der Waals surface area contributed by atoms with Crippen LogP contribution in [0.4, 0.5) is 10.1 Å². The summed E-state index contributed by atoms with van der Waals surface area (Å²) in [6.07, 6.45) is 0. The molecule has 0 aliphatic heterocycles. The maximum Gasteiger partial charge on any atom is 0.268 e. The lowest BCUT2D eigenvalue weighted by Crippen LogP contribution is -2.13. The third-order valence-corrected chi connectivity index (χ3v) is 3.90. The zero-order chi connectivity index (χ0) is 14.1. The number of benzene rings is 1. The van der Waals surface area contributed by atoms with E-state index in [0.717, 1.165) is 11.3 Å². The zero-order valence-corrected chi connectivity index (χ0v) is 11.6. The number of aromatic nitrogens is 2. The first-order chi connectivity index (χ1) is 9.63. The van der Waals surface area contributed by atoms with E-state index in [-0.39, 0.29) is 11.4 Å². The highest BCUT2D eigenvalue weighted by Crippen LogP contribution is 2.17. The van der Waals surface area contributed by atoms with Crippen LogP contribution in [0.25, 0.3) is 10.2 Å². The number of thiophene rings is 1. The van der Waals surface area contributed by atoms with E-state index in [1.54, 1.807) is 6.07 Å². The van der Waals surface area contributed by atoms with E-state index in [9.17, 15) is 9.18 Å². The van der Waals surface area contributed by atoms with Gasteiger partial charge in [0, 0.05) is 5.69 Å². The second-order valence-corrected chi connectivity index (χ2v) is 5.38. The molecule has 4 nitrogen and oxygen atoms in total. The maximum atomic E-state index is 13.0. The van der Waals surface area contributed by atoms with Gasteiger partial charge < -0.3 is 10.3 Å². The van der Waals surface area contributed by atoms with Crippen molar-refractivity contribution in [2.24, 2.45) is 0 Å². The van der Waals surface area contributed by atoms with Gasteiger partial charge in [0.05, 0.1) is 12.1 Å². The second kappa shape index (κ2) is 5.05. The van der Waals surface area contributed by atoms with Crippen LogP contribution in [0.1, 0.15) is 11.4 Å². The normalized spacial score (nSPS) is 10.9. The first-order valence-corrected chi connectivity index (χ1v) is 6.98. The van der Waals surface area contributed by atoms with Gasteiger partial charge >= 0.3 is 0 Å². The monoisotopic (exact) mass is 289 g/mol. The lowest BCUT2D eigenvalue weighted by molar-refractivity contribution is 0.627. The summed E-state index contributed by atoms with van der Waals surface area (Å²) in [7, 11) is 0. The summed E-state index contributed by atoms with van der Waals surface area (Å²) in [5.41, 5.74) is 2.20. The number of aryl methyl sites for hydroxylation is 1. The third kappa shape index (κ3) is 2.42. The van der Waals surface area contributed by atoms with Gasteiger partial charge in [0.25, 0.3) is 5.56 Å². The smallest absolute Gasteiger partial charge is 0.268 e. The summed E-state index contributed by atoms with van der Waals surface area (Å²) in [5, 5.41) is 4.99. The molecule has 3 aromatic rings. The fourth-order valence-electron chi connectivity index (χ4n) is 2.01. The highest BCUT2D eigenvalue weighted by molar-refractivity contribution is 7.17. The van der Waals surface area contributed by atoms with Gasteiger partial charge in [0.15, 0.2) is 0 Å². The van der Waals surface area contributed by atoms with Gasteiger partial charge in [-0.2, -0.15) is 0 Å². The van der Waals surface area contributed by atoms with Crippen LogP contribution in [-0.4, -0.2) is 9.97 Å². The van der Waals surface area contributed by atoms with Crippen LogP contribution in [0.2, 0.25) is 0 Å². The summed E-state index contributed by atoms with van der Waals surface area (Å²) >= 11 is 1.37. The Bertz CT molecular complexity index is 825. The molecular weight excluding hydrogens is 277 g/mol. The molecular formula is C14H12FN3OS. The van der Waals surface area contributed by atoms with Crippen LogP contribution in [0, 0.1) is 12.7 Å². The van der Waals surface area contributed by atoms with Crippen LogP contribution in [0.3, 0.4) is 0 Å². The molecule has 0 saturated carbocycles. The summed E-state index contributed by atoms with van der Waals surface area (Å²) in [5.74, 6) is 0.295. The summed E-state index contributed by atoms with van der Waals surface area (Å²) in [6, 6.07) is 6.35. The average Bonchev–Trinajstić information content (AvgIpc) is 2.86. The van der Waals surface area contributed by atoms with Crippen molar-refractivity contribution in [2.75, 3.05) is 5.32 Å². The van der Waals surface area contributed by atoms with Gasteiger partial charge in [-0.25, -0.2) is 9.37 Å². The molecule has 6 heteroatoms. The molecule has 0 aliphatic rings. The molecule has 2 heterocycles. The van der Waals surface area contributed by atoms with Gasteiger partial charge in [-0.05, 0) is 42.1 Å². The molecule has 0 atom stereocenters. The maximum absolute atomic E-state index is 13.0. The van der Waals surface area contributed by atoms with Gasteiger partial charge in [-0.1, -0.05) is 0 Å². The number of aromatic amines is 1. The van der Waals surface area contributed by atoms with Gasteiger partial charge in [0.1, 0.15) is 16.3 Å². The molecule has 0 radical (unpaired) electrons. The minimum absolute atomic E-state index is 0.127. The Balaban J connectivity index is 1.84.